The molecule has 1 aromatic carbocycles. The van der Waals surface area contributed by atoms with E-state index in [0.717, 1.165) is 27.9 Å². The predicted molar refractivity (Wildman–Crippen MR) is 105 cm³/mol. The number of amides is 1. The largest absolute Gasteiger partial charge is 0.346 e. The summed E-state index contributed by atoms with van der Waals surface area (Å²) in [6.07, 6.45) is 3.43. The molecule has 0 aliphatic heterocycles. The van der Waals surface area contributed by atoms with Crippen molar-refractivity contribution in [2.45, 2.75) is 13.5 Å². The van der Waals surface area contributed by atoms with Crippen molar-refractivity contribution < 1.29 is 4.79 Å². The first-order valence-corrected chi connectivity index (χ1v) is 8.71. The van der Waals surface area contributed by atoms with Crippen molar-refractivity contribution in [2.75, 3.05) is 0 Å². The van der Waals surface area contributed by atoms with Crippen molar-refractivity contribution in [1.29, 1.82) is 0 Å². The quantitative estimate of drug-likeness (QED) is 0.603. The minimum Gasteiger partial charge on any atom is -0.346 e. The SMILES string of the molecule is Cc1ccc2nc(-c3ccccn3)cc(C(=O)NCc3ccccn3)c2c1. The molecule has 4 aromatic rings. The number of pyridine rings is 3. The van der Waals surface area contributed by atoms with Gasteiger partial charge in [-0.15, -0.1) is 0 Å². The van der Waals surface area contributed by atoms with Gasteiger partial charge >= 0.3 is 0 Å². The van der Waals surface area contributed by atoms with Crippen molar-refractivity contribution in [3.05, 3.63) is 89.9 Å². The number of carbonyl (C=O) groups excluding carboxylic acids is 1. The lowest BCUT2D eigenvalue weighted by Crippen LogP contribution is -2.23. The minimum absolute atomic E-state index is 0.157. The Kier molecular flexibility index (Phi) is 4.58. The number of hydrogen-bond donors (Lipinski definition) is 1. The number of nitrogens with one attached hydrogen (secondary N) is 1. The van der Waals surface area contributed by atoms with Crippen LogP contribution in [0.4, 0.5) is 0 Å². The van der Waals surface area contributed by atoms with Crippen LogP contribution in [0.1, 0.15) is 21.6 Å². The normalized spacial score (nSPS) is 10.7. The third kappa shape index (κ3) is 3.67. The fraction of sp³-hybridized carbons (Fsp3) is 0.0909. The summed E-state index contributed by atoms with van der Waals surface area (Å²) in [7, 11) is 0. The van der Waals surface area contributed by atoms with Gasteiger partial charge in [0.25, 0.3) is 5.91 Å². The zero-order valence-corrected chi connectivity index (χ0v) is 14.9. The average molecular weight is 354 g/mol. The van der Waals surface area contributed by atoms with E-state index in [1.807, 2.05) is 61.5 Å². The van der Waals surface area contributed by atoms with E-state index in [0.29, 0.717) is 17.8 Å². The summed E-state index contributed by atoms with van der Waals surface area (Å²) in [6, 6.07) is 19.0. The van der Waals surface area contributed by atoms with E-state index in [9.17, 15) is 4.79 Å². The first-order valence-electron chi connectivity index (χ1n) is 8.71. The number of carbonyl (C=O) groups is 1. The van der Waals surface area contributed by atoms with Gasteiger partial charge in [0.1, 0.15) is 0 Å². The lowest BCUT2D eigenvalue weighted by Gasteiger charge is -2.11. The van der Waals surface area contributed by atoms with E-state index >= 15 is 0 Å². The molecular formula is C22H18N4O. The highest BCUT2D eigenvalue weighted by atomic mass is 16.1. The Morgan fingerprint density at radius 2 is 1.74 bits per heavy atom. The van der Waals surface area contributed by atoms with Crippen molar-refractivity contribution in [1.82, 2.24) is 20.3 Å². The first-order chi connectivity index (χ1) is 13.2. The Bertz CT molecular complexity index is 1100. The van der Waals surface area contributed by atoms with Crippen molar-refractivity contribution in [2.24, 2.45) is 0 Å². The van der Waals surface area contributed by atoms with Crippen LogP contribution in [-0.4, -0.2) is 20.9 Å². The van der Waals surface area contributed by atoms with Gasteiger partial charge in [-0.1, -0.05) is 23.8 Å². The molecule has 1 N–H and O–H groups in total. The first kappa shape index (κ1) is 16.8. The van der Waals surface area contributed by atoms with E-state index in [1.165, 1.54) is 0 Å². The Morgan fingerprint density at radius 3 is 2.48 bits per heavy atom. The highest BCUT2D eigenvalue weighted by molar-refractivity contribution is 6.07. The zero-order chi connectivity index (χ0) is 18.6. The van der Waals surface area contributed by atoms with Gasteiger partial charge < -0.3 is 5.32 Å². The van der Waals surface area contributed by atoms with Crippen LogP contribution >= 0.6 is 0 Å². The second-order valence-corrected chi connectivity index (χ2v) is 6.29. The molecule has 4 rings (SSSR count). The van der Waals surface area contributed by atoms with E-state index < -0.39 is 0 Å². The van der Waals surface area contributed by atoms with E-state index in [4.69, 9.17) is 4.98 Å². The summed E-state index contributed by atoms with van der Waals surface area (Å²) in [4.78, 5) is 26.2. The van der Waals surface area contributed by atoms with Crippen LogP contribution in [0.2, 0.25) is 0 Å². The van der Waals surface area contributed by atoms with Gasteiger partial charge in [-0.05, 0) is 49.4 Å². The van der Waals surface area contributed by atoms with Gasteiger partial charge in [0.2, 0.25) is 0 Å². The molecule has 132 valence electrons. The molecular weight excluding hydrogens is 336 g/mol. The van der Waals surface area contributed by atoms with Gasteiger partial charge in [-0.25, -0.2) is 4.98 Å². The van der Waals surface area contributed by atoms with E-state index in [-0.39, 0.29) is 5.91 Å². The van der Waals surface area contributed by atoms with Crippen molar-refractivity contribution in [3.8, 4) is 11.4 Å². The third-order valence-electron chi connectivity index (χ3n) is 4.29. The lowest BCUT2D eigenvalue weighted by molar-refractivity contribution is 0.0952. The predicted octanol–water partition coefficient (Wildman–Crippen LogP) is 3.93. The van der Waals surface area contributed by atoms with E-state index in [2.05, 4.69) is 15.3 Å². The number of rotatable bonds is 4. The molecule has 0 aliphatic carbocycles. The fourth-order valence-corrected chi connectivity index (χ4v) is 2.94. The molecule has 0 aliphatic rings. The van der Waals surface area contributed by atoms with Crippen LogP contribution in [0.15, 0.2) is 73.1 Å². The molecule has 0 saturated heterocycles. The summed E-state index contributed by atoms with van der Waals surface area (Å²) >= 11 is 0. The zero-order valence-electron chi connectivity index (χ0n) is 14.9. The van der Waals surface area contributed by atoms with E-state index in [1.54, 1.807) is 18.5 Å². The molecule has 0 radical (unpaired) electrons. The number of aromatic nitrogens is 3. The van der Waals surface area contributed by atoms with Crippen molar-refractivity contribution >= 4 is 16.8 Å². The summed E-state index contributed by atoms with van der Waals surface area (Å²) in [5.74, 6) is -0.157. The summed E-state index contributed by atoms with van der Waals surface area (Å²) in [5.41, 5.74) is 4.65. The van der Waals surface area contributed by atoms with Crippen LogP contribution in [0.25, 0.3) is 22.3 Å². The monoisotopic (exact) mass is 354 g/mol. The van der Waals surface area contributed by atoms with Gasteiger partial charge in [0.05, 0.1) is 34.7 Å². The molecule has 0 atom stereocenters. The maximum atomic E-state index is 12.9. The minimum atomic E-state index is -0.157. The fourth-order valence-electron chi connectivity index (χ4n) is 2.94. The molecule has 0 bridgehead atoms. The topological polar surface area (TPSA) is 67.8 Å². The summed E-state index contributed by atoms with van der Waals surface area (Å²) in [5, 5.41) is 3.78. The molecule has 0 fully saturated rings. The van der Waals surface area contributed by atoms with Crippen molar-refractivity contribution in [3.63, 3.8) is 0 Å². The Hall–Kier alpha value is -3.60. The van der Waals surface area contributed by atoms with Crippen LogP contribution < -0.4 is 5.32 Å². The second-order valence-electron chi connectivity index (χ2n) is 6.29. The molecule has 1 amide bonds. The Labute approximate surface area is 157 Å². The van der Waals surface area contributed by atoms with Crippen LogP contribution in [0.3, 0.4) is 0 Å². The van der Waals surface area contributed by atoms with Gasteiger partial charge in [0.15, 0.2) is 0 Å². The molecule has 0 saturated carbocycles. The summed E-state index contributed by atoms with van der Waals surface area (Å²) < 4.78 is 0. The lowest BCUT2D eigenvalue weighted by atomic mass is 10.0. The third-order valence-corrected chi connectivity index (χ3v) is 4.29. The molecule has 0 spiro atoms. The van der Waals surface area contributed by atoms with Gasteiger partial charge in [-0.2, -0.15) is 0 Å². The molecule has 3 aromatic heterocycles. The van der Waals surface area contributed by atoms with Crippen LogP contribution in [0, 0.1) is 6.92 Å². The number of aryl methyl sites for hydroxylation is 1. The maximum Gasteiger partial charge on any atom is 0.252 e. The molecule has 27 heavy (non-hydrogen) atoms. The molecule has 5 nitrogen and oxygen atoms in total. The highest BCUT2D eigenvalue weighted by Gasteiger charge is 2.15. The molecule has 3 heterocycles. The molecule has 0 unspecified atom stereocenters. The van der Waals surface area contributed by atoms with Gasteiger partial charge in [0, 0.05) is 17.8 Å². The van der Waals surface area contributed by atoms with Gasteiger partial charge in [-0.3, -0.25) is 14.8 Å². The Balaban J connectivity index is 1.75. The second kappa shape index (κ2) is 7.33. The maximum absolute atomic E-state index is 12.9. The highest BCUT2D eigenvalue weighted by Crippen LogP contribution is 2.24. The van der Waals surface area contributed by atoms with Crippen LogP contribution in [-0.2, 0) is 6.54 Å². The standard InChI is InChI=1S/C22H18N4O/c1-15-8-9-19-17(12-15)18(13-21(26-19)20-7-3-5-11-24-20)22(27)25-14-16-6-2-4-10-23-16/h2-13H,14H2,1H3,(H,25,27). The Morgan fingerprint density at radius 1 is 0.926 bits per heavy atom. The van der Waals surface area contributed by atoms with Crippen LogP contribution in [0.5, 0.6) is 0 Å². The molecule has 5 heteroatoms. The number of fused-ring (bicyclic) bond motifs is 1. The smallest absolute Gasteiger partial charge is 0.252 e. The number of nitrogens with zero attached hydrogens (tertiary/aromatic N) is 3. The number of hydrogen-bond acceptors (Lipinski definition) is 4. The summed E-state index contributed by atoms with van der Waals surface area (Å²) in [6.45, 7) is 2.37. The number of benzene rings is 1. The average Bonchev–Trinajstić information content (AvgIpc) is 2.72.